The number of rotatable bonds is 0. The van der Waals surface area contributed by atoms with Crippen LogP contribution in [0.5, 0.6) is 0 Å². The number of β-lactam (4-membered cyclic amide) rings is 1. The van der Waals surface area contributed by atoms with Crippen LogP contribution in [0.4, 0.5) is 0 Å². The van der Waals surface area contributed by atoms with Crippen molar-refractivity contribution in [2.24, 2.45) is 5.92 Å². The third-order valence-electron chi connectivity index (χ3n) is 1.81. The van der Waals surface area contributed by atoms with Crippen LogP contribution in [0.1, 0.15) is 6.92 Å². The fraction of sp³-hybridized carbons (Fsp3) is 0.667. The topological polar surface area (TPSA) is 29.1 Å². The second kappa shape index (κ2) is 2.95. The molecule has 0 aliphatic carbocycles. The van der Waals surface area contributed by atoms with Crippen molar-refractivity contribution in [2.75, 3.05) is 0 Å². The van der Waals surface area contributed by atoms with Crippen molar-refractivity contribution in [1.29, 1.82) is 0 Å². The number of hydrogen-bond acceptors (Lipinski definition) is 1. The lowest BCUT2D eigenvalue weighted by Crippen LogP contribution is -2.56. The second-order valence-corrected chi connectivity index (χ2v) is 9.04. The van der Waals surface area contributed by atoms with Gasteiger partial charge in [-0.15, -0.1) is 5.54 Å². The zero-order valence-corrected chi connectivity index (χ0v) is 9.06. The molecule has 1 amide bonds. The van der Waals surface area contributed by atoms with E-state index in [2.05, 4.69) is 36.4 Å². The Hall–Kier alpha value is -0.753. The van der Waals surface area contributed by atoms with E-state index >= 15 is 0 Å². The largest absolute Gasteiger partial charge is 0.341 e. The van der Waals surface area contributed by atoms with Crippen LogP contribution >= 0.6 is 0 Å². The van der Waals surface area contributed by atoms with Crippen molar-refractivity contribution in [2.45, 2.75) is 32.6 Å². The number of hydrogen-bond donors (Lipinski definition) is 1. The molecule has 0 saturated carbocycles. The highest BCUT2D eigenvalue weighted by Crippen LogP contribution is 2.12. The van der Waals surface area contributed by atoms with Crippen LogP contribution in [0.2, 0.25) is 19.6 Å². The molecule has 1 fully saturated rings. The number of carbonyl (C=O) groups is 1. The quantitative estimate of drug-likeness (QED) is 0.337. The molecule has 0 radical (unpaired) electrons. The van der Waals surface area contributed by atoms with Gasteiger partial charge in [0.05, 0.1) is 5.92 Å². The van der Waals surface area contributed by atoms with Crippen molar-refractivity contribution in [3.8, 4) is 11.5 Å². The summed E-state index contributed by atoms with van der Waals surface area (Å²) in [5, 5.41) is 2.77. The Balaban J connectivity index is 2.52. The summed E-state index contributed by atoms with van der Waals surface area (Å²) in [6.07, 6.45) is 0. The summed E-state index contributed by atoms with van der Waals surface area (Å²) in [7, 11) is -1.27. The maximum absolute atomic E-state index is 10.8. The van der Waals surface area contributed by atoms with Crippen LogP contribution in [0.15, 0.2) is 0 Å². The Morgan fingerprint density at radius 3 is 2.33 bits per heavy atom. The van der Waals surface area contributed by atoms with Crippen LogP contribution < -0.4 is 5.32 Å². The number of amides is 1. The summed E-state index contributed by atoms with van der Waals surface area (Å²) in [5.41, 5.74) is 3.25. The highest BCUT2D eigenvalue weighted by molar-refractivity contribution is 6.83. The zero-order chi connectivity index (χ0) is 9.35. The molecule has 12 heavy (non-hydrogen) atoms. The molecule has 0 aromatic rings. The van der Waals surface area contributed by atoms with E-state index in [0.29, 0.717) is 0 Å². The summed E-state index contributed by atoms with van der Waals surface area (Å²) >= 11 is 0. The van der Waals surface area contributed by atoms with E-state index in [1.165, 1.54) is 0 Å². The first-order valence-corrected chi connectivity index (χ1v) is 7.73. The molecule has 1 rings (SSSR count). The van der Waals surface area contributed by atoms with Crippen molar-refractivity contribution in [1.82, 2.24) is 5.32 Å². The Morgan fingerprint density at radius 2 is 2.00 bits per heavy atom. The van der Waals surface area contributed by atoms with Crippen LogP contribution in [0, 0.1) is 17.4 Å². The van der Waals surface area contributed by atoms with Crippen molar-refractivity contribution in [3.63, 3.8) is 0 Å². The summed E-state index contributed by atoms with van der Waals surface area (Å²) in [6.45, 7) is 8.52. The minimum absolute atomic E-state index is 0.0915. The summed E-state index contributed by atoms with van der Waals surface area (Å²) in [6, 6.07) is 0.115. The molecule has 1 aliphatic rings. The van der Waals surface area contributed by atoms with Crippen molar-refractivity contribution < 1.29 is 4.79 Å². The van der Waals surface area contributed by atoms with E-state index in [9.17, 15) is 4.79 Å². The van der Waals surface area contributed by atoms with Crippen molar-refractivity contribution in [3.05, 3.63) is 0 Å². The minimum Gasteiger partial charge on any atom is -0.341 e. The fourth-order valence-corrected chi connectivity index (χ4v) is 1.51. The highest BCUT2D eigenvalue weighted by Gasteiger charge is 2.33. The summed E-state index contributed by atoms with van der Waals surface area (Å²) in [5.74, 6) is 3.34. The molecular formula is C9H15NOSi. The molecule has 3 heteroatoms. The minimum atomic E-state index is -1.27. The zero-order valence-electron chi connectivity index (χ0n) is 8.06. The number of nitrogens with one attached hydrogen (secondary N) is 1. The van der Waals surface area contributed by atoms with Gasteiger partial charge in [-0.25, -0.2) is 0 Å². The van der Waals surface area contributed by atoms with Gasteiger partial charge >= 0.3 is 0 Å². The molecule has 1 N–H and O–H groups in total. The third-order valence-corrected chi connectivity index (χ3v) is 2.71. The van der Waals surface area contributed by atoms with E-state index in [1.54, 1.807) is 0 Å². The van der Waals surface area contributed by atoms with Gasteiger partial charge in [0, 0.05) is 0 Å². The molecule has 2 atom stereocenters. The molecule has 66 valence electrons. The molecule has 0 spiro atoms. The predicted molar refractivity (Wildman–Crippen MR) is 52.2 cm³/mol. The number of carbonyl (C=O) groups excluding carboxylic acids is 1. The molecule has 1 heterocycles. The molecule has 0 bridgehead atoms. The summed E-state index contributed by atoms with van der Waals surface area (Å²) in [4.78, 5) is 10.8. The summed E-state index contributed by atoms with van der Waals surface area (Å²) < 4.78 is 0. The lowest BCUT2D eigenvalue weighted by molar-refractivity contribution is -0.132. The highest BCUT2D eigenvalue weighted by atomic mass is 28.3. The average Bonchev–Trinajstić information content (AvgIpc) is 1.95. The smallest absolute Gasteiger partial charge is 0.226 e. The van der Waals surface area contributed by atoms with Gasteiger partial charge in [0.2, 0.25) is 5.91 Å². The second-order valence-electron chi connectivity index (χ2n) is 4.29. The SMILES string of the molecule is C[C@H]1C(=O)N[C@H]1C#C[Si](C)(C)C. The molecule has 0 aromatic carbocycles. The van der Waals surface area contributed by atoms with E-state index < -0.39 is 8.07 Å². The Morgan fingerprint density at radius 1 is 1.42 bits per heavy atom. The van der Waals surface area contributed by atoms with Gasteiger partial charge in [-0.3, -0.25) is 4.79 Å². The first kappa shape index (κ1) is 9.34. The molecule has 0 unspecified atom stereocenters. The normalized spacial score (nSPS) is 28.2. The van der Waals surface area contributed by atoms with Gasteiger partial charge in [-0.05, 0) is 0 Å². The van der Waals surface area contributed by atoms with E-state index in [4.69, 9.17) is 0 Å². The third kappa shape index (κ3) is 2.11. The van der Waals surface area contributed by atoms with Gasteiger partial charge in [0.25, 0.3) is 0 Å². The van der Waals surface area contributed by atoms with Gasteiger partial charge in [-0.2, -0.15) is 0 Å². The van der Waals surface area contributed by atoms with Gasteiger partial charge in [0.15, 0.2) is 0 Å². The maximum Gasteiger partial charge on any atom is 0.226 e. The van der Waals surface area contributed by atoms with E-state index in [0.717, 1.165) is 0 Å². The first-order chi connectivity index (χ1) is 5.40. The average molecular weight is 181 g/mol. The van der Waals surface area contributed by atoms with Gasteiger partial charge < -0.3 is 5.32 Å². The van der Waals surface area contributed by atoms with Crippen LogP contribution in [0.25, 0.3) is 0 Å². The van der Waals surface area contributed by atoms with Crippen LogP contribution in [-0.2, 0) is 4.79 Å². The molecule has 1 saturated heterocycles. The maximum atomic E-state index is 10.8. The monoisotopic (exact) mass is 181 g/mol. The molecule has 2 nitrogen and oxygen atoms in total. The van der Waals surface area contributed by atoms with Crippen LogP contribution in [0.3, 0.4) is 0 Å². The van der Waals surface area contributed by atoms with Gasteiger partial charge in [0.1, 0.15) is 14.1 Å². The Labute approximate surface area is 74.7 Å². The fourth-order valence-electron chi connectivity index (χ4n) is 0.920. The molecule has 1 aliphatic heterocycles. The standard InChI is InChI=1S/C9H15NOSi/c1-7-8(10-9(7)11)5-6-12(2,3)4/h7-8H,1-4H3,(H,10,11)/t7-,8+/m1/s1. The van der Waals surface area contributed by atoms with E-state index in [-0.39, 0.29) is 17.9 Å². The first-order valence-electron chi connectivity index (χ1n) is 4.23. The predicted octanol–water partition coefficient (Wildman–Crippen LogP) is 1.00. The van der Waals surface area contributed by atoms with E-state index in [1.807, 2.05) is 6.92 Å². The Bertz CT molecular complexity index is 256. The lowest BCUT2D eigenvalue weighted by Gasteiger charge is -2.30. The van der Waals surface area contributed by atoms with Gasteiger partial charge in [-0.1, -0.05) is 32.5 Å². The van der Waals surface area contributed by atoms with Crippen LogP contribution in [-0.4, -0.2) is 20.0 Å². The Kier molecular flexibility index (Phi) is 2.29. The van der Waals surface area contributed by atoms with Crippen molar-refractivity contribution >= 4 is 14.0 Å². The molecule has 0 aromatic heterocycles. The molecular weight excluding hydrogens is 166 g/mol. The lowest BCUT2D eigenvalue weighted by atomic mass is 9.94.